The van der Waals surface area contributed by atoms with Crippen molar-refractivity contribution in [1.29, 1.82) is 0 Å². The molecule has 1 N–H and O–H groups in total. The Hall–Kier alpha value is -2.62. The number of carboxylic acid groups (broad SMARTS) is 1. The summed E-state index contributed by atoms with van der Waals surface area (Å²) in [4.78, 5) is 37.5. The first-order valence-corrected chi connectivity index (χ1v) is 10.7. The third kappa shape index (κ3) is 5.40. The van der Waals surface area contributed by atoms with Crippen molar-refractivity contribution in [2.75, 3.05) is 32.7 Å². The molecule has 0 saturated carbocycles. The number of ether oxygens (including phenoxy) is 1. The quantitative estimate of drug-likeness (QED) is 0.556. The lowest BCUT2D eigenvalue weighted by Gasteiger charge is -2.36. The molecule has 3 heterocycles. The van der Waals surface area contributed by atoms with E-state index in [-0.39, 0.29) is 24.1 Å². The van der Waals surface area contributed by atoms with Gasteiger partial charge in [0.25, 0.3) is 12.4 Å². The zero-order valence-corrected chi connectivity index (χ0v) is 17.6. The summed E-state index contributed by atoms with van der Waals surface area (Å²) in [6.45, 7) is 3.29. The van der Waals surface area contributed by atoms with E-state index in [4.69, 9.17) is 14.6 Å². The highest BCUT2D eigenvalue weighted by molar-refractivity contribution is 5.94. The van der Waals surface area contributed by atoms with Gasteiger partial charge in [0.1, 0.15) is 6.10 Å². The molecular weight excluding hydrogens is 429 g/mol. The van der Waals surface area contributed by atoms with Crippen molar-refractivity contribution in [3.05, 3.63) is 35.4 Å². The van der Waals surface area contributed by atoms with Crippen molar-refractivity contribution in [3.63, 3.8) is 0 Å². The predicted octanol–water partition coefficient (Wildman–Crippen LogP) is 3.04. The van der Waals surface area contributed by atoms with Crippen LogP contribution in [-0.4, -0.2) is 72.1 Å². The summed E-state index contributed by atoms with van der Waals surface area (Å²) in [6.07, 6.45) is -0.586. The molecule has 3 aliphatic heterocycles. The van der Waals surface area contributed by atoms with E-state index in [1.165, 1.54) is 25.0 Å². The van der Waals surface area contributed by atoms with Crippen LogP contribution in [0.1, 0.15) is 48.0 Å². The fraction of sp³-hybridized carbons (Fsp3) is 0.591. The molecular formula is C22H27F3N2O5. The smallest absolute Gasteiger partial charge is 0.416 e. The maximum absolute atomic E-state index is 12.9. The van der Waals surface area contributed by atoms with Gasteiger partial charge < -0.3 is 14.7 Å². The van der Waals surface area contributed by atoms with E-state index in [0.717, 1.165) is 31.8 Å². The number of alkyl halides is 3. The molecule has 32 heavy (non-hydrogen) atoms. The van der Waals surface area contributed by atoms with Gasteiger partial charge in [-0.2, -0.15) is 13.2 Å². The van der Waals surface area contributed by atoms with E-state index < -0.39 is 23.1 Å². The van der Waals surface area contributed by atoms with Gasteiger partial charge in [-0.3, -0.25) is 19.3 Å². The predicted molar refractivity (Wildman–Crippen MR) is 108 cm³/mol. The lowest BCUT2D eigenvalue weighted by Crippen LogP contribution is -2.45. The molecule has 1 aromatic rings. The van der Waals surface area contributed by atoms with Gasteiger partial charge in [-0.05, 0) is 57.0 Å². The Morgan fingerprint density at radius 2 is 1.81 bits per heavy atom. The second kappa shape index (κ2) is 9.89. The summed E-state index contributed by atoms with van der Waals surface area (Å²) in [5, 5.41) is 6.89. The van der Waals surface area contributed by atoms with Gasteiger partial charge >= 0.3 is 12.1 Å². The number of cyclic esters (lactones) is 1. The number of likely N-dealkylation sites (tertiary alicyclic amines) is 2. The minimum absolute atomic E-state index is 0.0247. The number of hydrogen-bond donors (Lipinski definition) is 1. The molecule has 3 saturated heterocycles. The number of rotatable bonds is 3. The van der Waals surface area contributed by atoms with Crippen molar-refractivity contribution in [2.45, 2.75) is 44.4 Å². The number of nitrogens with zero attached hydrogens (tertiary/aromatic N) is 2. The van der Waals surface area contributed by atoms with E-state index in [0.29, 0.717) is 32.4 Å². The van der Waals surface area contributed by atoms with Crippen LogP contribution >= 0.6 is 0 Å². The van der Waals surface area contributed by atoms with E-state index in [9.17, 15) is 22.8 Å². The van der Waals surface area contributed by atoms with Crippen LogP contribution in [0.4, 0.5) is 13.2 Å². The Labute approximate surface area is 184 Å². The normalized spacial score (nSPS) is 22.9. The molecule has 0 radical (unpaired) electrons. The number of carbonyl (C=O) groups excluding carboxylic acids is 2. The molecule has 1 amide bonds. The molecule has 0 aliphatic carbocycles. The molecule has 3 fully saturated rings. The maximum atomic E-state index is 12.9. The molecule has 1 atom stereocenters. The van der Waals surface area contributed by atoms with Crippen LogP contribution in [0.2, 0.25) is 0 Å². The molecule has 1 unspecified atom stereocenters. The molecule has 3 aliphatic rings. The number of hydrogen-bond acceptors (Lipinski definition) is 5. The topological polar surface area (TPSA) is 87.2 Å². The highest BCUT2D eigenvalue weighted by Crippen LogP contribution is 2.43. The van der Waals surface area contributed by atoms with E-state index in [1.54, 1.807) is 4.90 Å². The largest absolute Gasteiger partial charge is 0.483 e. The van der Waals surface area contributed by atoms with Crippen LogP contribution in [0, 0.1) is 5.41 Å². The van der Waals surface area contributed by atoms with Crippen LogP contribution in [0.25, 0.3) is 0 Å². The van der Waals surface area contributed by atoms with Crippen molar-refractivity contribution in [2.24, 2.45) is 5.41 Å². The second-order valence-corrected chi connectivity index (χ2v) is 8.50. The van der Waals surface area contributed by atoms with Gasteiger partial charge in [-0.15, -0.1) is 0 Å². The summed E-state index contributed by atoms with van der Waals surface area (Å²) in [5.41, 5.74) is -1.37. The Kier molecular flexibility index (Phi) is 7.43. The molecule has 1 aromatic carbocycles. The molecule has 0 aromatic heterocycles. The molecule has 4 rings (SSSR count). The number of piperidine rings is 1. The number of carbonyl (C=O) groups is 3. The number of esters is 1. The fourth-order valence-electron chi connectivity index (χ4n) is 4.75. The molecule has 10 heteroatoms. The fourth-order valence-corrected chi connectivity index (χ4v) is 4.75. The summed E-state index contributed by atoms with van der Waals surface area (Å²) < 4.78 is 44.4. The molecule has 7 nitrogen and oxygen atoms in total. The van der Waals surface area contributed by atoms with Crippen LogP contribution < -0.4 is 0 Å². The van der Waals surface area contributed by atoms with Crippen molar-refractivity contribution in [1.82, 2.24) is 9.80 Å². The second-order valence-electron chi connectivity index (χ2n) is 8.50. The van der Waals surface area contributed by atoms with Gasteiger partial charge in [0.05, 0.1) is 11.0 Å². The first-order chi connectivity index (χ1) is 15.2. The summed E-state index contributed by atoms with van der Waals surface area (Å²) >= 11 is 0. The average Bonchev–Trinajstić information content (AvgIpc) is 3.36. The van der Waals surface area contributed by atoms with E-state index in [2.05, 4.69) is 4.90 Å². The number of benzene rings is 1. The maximum Gasteiger partial charge on any atom is 0.416 e. The standard InChI is InChI=1S/C21H25F3N2O3.CH2O2/c22-21(23,24)16-5-3-4-15(12-16)18(27)26-10-6-20(7-11-26)13-17(29-19(20)28)14-25-8-1-2-9-25;2-1-3/h3-5,12,17H,1-2,6-11,13-14H2;1H,(H,2,3). The average molecular weight is 456 g/mol. The minimum Gasteiger partial charge on any atom is -0.483 e. The Morgan fingerprint density at radius 1 is 1.19 bits per heavy atom. The first-order valence-electron chi connectivity index (χ1n) is 10.7. The SMILES string of the molecule is O=C(c1cccc(C(F)(F)F)c1)N1CCC2(CC1)CC(CN1CCCC1)OC2=O.O=CO. The molecule has 0 bridgehead atoms. The third-order valence-corrected chi connectivity index (χ3v) is 6.43. The number of halogens is 3. The third-order valence-electron chi connectivity index (χ3n) is 6.43. The zero-order chi connectivity index (χ0) is 23.4. The zero-order valence-electron chi connectivity index (χ0n) is 17.6. The Balaban J connectivity index is 0.000000913. The van der Waals surface area contributed by atoms with Gasteiger partial charge in [0, 0.05) is 31.6 Å². The van der Waals surface area contributed by atoms with Crippen LogP contribution in [-0.2, 0) is 20.5 Å². The molecule has 1 spiro atoms. The van der Waals surface area contributed by atoms with E-state index in [1.807, 2.05) is 0 Å². The van der Waals surface area contributed by atoms with E-state index >= 15 is 0 Å². The summed E-state index contributed by atoms with van der Waals surface area (Å²) in [6, 6.07) is 4.50. The summed E-state index contributed by atoms with van der Waals surface area (Å²) in [5.74, 6) is -0.612. The van der Waals surface area contributed by atoms with Gasteiger partial charge in [0.2, 0.25) is 0 Å². The highest BCUT2D eigenvalue weighted by atomic mass is 19.4. The number of amides is 1. The van der Waals surface area contributed by atoms with Crippen molar-refractivity contribution < 1.29 is 37.4 Å². The monoisotopic (exact) mass is 456 g/mol. The minimum atomic E-state index is -4.49. The lowest BCUT2D eigenvalue weighted by atomic mass is 9.76. The van der Waals surface area contributed by atoms with Gasteiger partial charge in [-0.25, -0.2) is 0 Å². The summed E-state index contributed by atoms with van der Waals surface area (Å²) in [7, 11) is 0. The Morgan fingerprint density at radius 3 is 2.41 bits per heavy atom. The van der Waals surface area contributed by atoms with Crippen molar-refractivity contribution in [3.8, 4) is 0 Å². The van der Waals surface area contributed by atoms with Gasteiger partial charge in [0.15, 0.2) is 0 Å². The Bertz CT molecular complexity index is 831. The lowest BCUT2D eigenvalue weighted by molar-refractivity contribution is -0.151. The highest BCUT2D eigenvalue weighted by Gasteiger charge is 2.51. The van der Waals surface area contributed by atoms with Crippen LogP contribution in [0.5, 0.6) is 0 Å². The molecule has 176 valence electrons. The van der Waals surface area contributed by atoms with Crippen LogP contribution in [0.15, 0.2) is 24.3 Å². The van der Waals surface area contributed by atoms with Gasteiger partial charge in [-0.1, -0.05) is 6.07 Å². The van der Waals surface area contributed by atoms with Crippen molar-refractivity contribution >= 4 is 18.3 Å². The first kappa shape index (κ1) is 24.0. The van der Waals surface area contributed by atoms with Crippen LogP contribution in [0.3, 0.4) is 0 Å².